The number of cyclic esters (lactones) is 1. The molecule has 7 heteroatoms. The second-order valence-electron chi connectivity index (χ2n) is 4.40. The van der Waals surface area contributed by atoms with Crippen molar-refractivity contribution in [2.24, 2.45) is 4.99 Å². The van der Waals surface area contributed by atoms with Crippen molar-refractivity contribution in [2.75, 3.05) is 0 Å². The van der Waals surface area contributed by atoms with E-state index < -0.39 is 5.97 Å². The van der Waals surface area contributed by atoms with Crippen LogP contribution in [0.1, 0.15) is 11.1 Å². The van der Waals surface area contributed by atoms with Crippen molar-refractivity contribution < 1.29 is 9.53 Å². The molecule has 0 spiro atoms. The zero-order valence-electron chi connectivity index (χ0n) is 10.9. The molecule has 0 fully saturated rings. The van der Waals surface area contributed by atoms with Crippen LogP contribution in [-0.2, 0) is 9.53 Å². The van der Waals surface area contributed by atoms with Gasteiger partial charge in [-0.25, -0.2) is 9.79 Å². The SMILES string of the molecule is O=C1OC(c2cncc(Br)c2)=N/C1=C/c1ccc(Cl)c(Cl)c1. The summed E-state index contributed by atoms with van der Waals surface area (Å²) in [6.07, 6.45) is 4.79. The Labute approximate surface area is 144 Å². The molecule has 0 atom stereocenters. The van der Waals surface area contributed by atoms with Gasteiger partial charge in [0.25, 0.3) is 0 Å². The molecule has 4 nitrogen and oxygen atoms in total. The average Bonchev–Trinajstić information content (AvgIpc) is 2.84. The highest BCUT2D eigenvalue weighted by molar-refractivity contribution is 9.10. The van der Waals surface area contributed by atoms with Gasteiger partial charge in [-0.15, -0.1) is 0 Å². The molecule has 0 aliphatic carbocycles. The fourth-order valence-electron chi connectivity index (χ4n) is 1.82. The van der Waals surface area contributed by atoms with Gasteiger partial charge in [0.15, 0.2) is 5.70 Å². The number of benzene rings is 1. The largest absolute Gasteiger partial charge is 0.402 e. The lowest BCUT2D eigenvalue weighted by molar-refractivity contribution is -0.129. The fourth-order valence-corrected chi connectivity index (χ4v) is 2.49. The van der Waals surface area contributed by atoms with E-state index in [2.05, 4.69) is 25.9 Å². The minimum atomic E-state index is -0.527. The van der Waals surface area contributed by atoms with Crippen molar-refractivity contribution in [2.45, 2.75) is 0 Å². The summed E-state index contributed by atoms with van der Waals surface area (Å²) < 4.78 is 5.93. The summed E-state index contributed by atoms with van der Waals surface area (Å²) in [6, 6.07) is 6.81. The first-order chi connectivity index (χ1) is 10.5. The highest BCUT2D eigenvalue weighted by Crippen LogP contribution is 2.25. The summed E-state index contributed by atoms with van der Waals surface area (Å²) in [6.45, 7) is 0. The van der Waals surface area contributed by atoms with Gasteiger partial charge in [0.1, 0.15) is 0 Å². The van der Waals surface area contributed by atoms with Crippen LogP contribution < -0.4 is 0 Å². The van der Waals surface area contributed by atoms with Crippen LogP contribution in [0.15, 0.2) is 51.8 Å². The van der Waals surface area contributed by atoms with Crippen LogP contribution in [-0.4, -0.2) is 16.9 Å². The maximum atomic E-state index is 11.9. The van der Waals surface area contributed by atoms with Crippen LogP contribution in [0.25, 0.3) is 6.08 Å². The molecule has 0 unspecified atom stereocenters. The number of aromatic nitrogens is 1. The van der Waals surface area contributed by atoms with E-state index >= 15 is 0 Å². The maximum Gasteiger partial charge on any atom is 0.363 e. The molecular formula is C15H7BrCl2N2O2. The number of carbonyl (C=O) groups is 1. The van der Waals surface area contributed by atoms with Crippen LogP contribution in [0.2, 0.25) is 10.0 Å². The Morgan fingerprint density at radius 2 is 1.95 bits per heavy atom. The second kappa shape index (κ2) is 6.20. The molecule has 0 N–H and O–H groups in total. The van der Waals surface area contributed by atoms with E-state index in [1.807, 2.05) is 0 Å². The van der Waals surface area contributed by atoms with Gasteiger partial charge >= 0.3 is 5.97 Å². The zero-order valence-corrected chi connectivity index (χ0v) is 14.0. The summed E-state index contributed by atoms with van der Waals surface area (Å²) >= 11 is 15.1. The minimum absolute atomic E-state index is 0.188. The fraction of sp³-hybridized carbons (Fsp3) is 0. The molecule has 0 saturated heterocycles. The number of carbonyl (C=O) groups excluding carboxylic acids is 1. The third kappa shape index (κ3) is 3.21. The van der Waals surface area contributed by atoms with Crippen molar-refractivity contribution in [3.8, 4) is 0 Å². The second-order valence-corrected chi connectivity index (χ2v) is 6.13. The summed E-state index contributed by atoms with van der Waals surface area (Å²) in [5.41, 5.74) is 1.51. The van der Waals surface area contributed by atoms with Gasteiger partial charge in [-0.3, -0.25) is 4.98 Å². The number of aliphatic imine (C=N–C) groups is 1. The molecule has 0 bridgehead atoms. The van der Waals surface area contributed by atoms with E-state index in [0.29, 0.717) is 21.2 Å². The van der Waals surface area contributed by atoms with E-state index in [9.17, 15) is 4.79 Å². The van der Waals surface area contributed by atoms with Gasteiger partial charge in [0.05, 0.1) is 15.6 Å². The summed E-state index contributed by atoms with van der Waals surface area (Å²) in [5, 5.41) is 0.852. The molecule has 2 heterocycles. The van der Waals surface area contributed by atoms with Gasteiger partial charge in [-0.2, -0.15) is 0 Å². The van der Waals surface area contributed by atoms with Crippen LogP contribution in [0.3, 0.4) is 0 Å². The minimum Gasteiger partial charge on any atom is -0.402 e. The van der Waals surface area contributed by atoms with E-state index in [0.717, 1.165) is 4.47 Å². The van der Waals surface area contributed by atoms with Crippen molar-refractivity contribution in [3.63, 3.8) is 0 Å². The lowest BCUT2D eigenvalue weighted by atomic mass is 10.2. The Bertz CT molecular complexity index is 834. The predicted molar refractivity (Wildman–Crippen MR) is 89.0 cm³/mol. The lowest BCUT2D eigenvalue weighted by Gasteiger charge is -1.98. The van der Waals surface area contributed by atoms with E-state index in [4.69, 9.17) is 27.9 Å². The maximum absolute atomic E-state index is 11.9. The van der Waals surface area contributed by atoms with Crippen molar-refractivity contribution >= 4 is 57.1 Å². The Balaban J connectivity index is 1.95. The van der Waals surface area contributed by atoms with Gasteiger partial charge in [-0.05, 0) is 45.8 Å². The van der Waals surface area contributed by atoms with Gasteiger partial charge in [0.2, 0.25) is 5.90 Å². The van der Waals surface area contributed by atoms with E-state index in [1.54, 1.807) is 42.7 Å². The van der Waals surface area contributed by atoms with Crippen LogP contribution in [0.5, 0.6) is 0 Å². The van der Waals surface area contributed by atoms with E-state index in [-0.39, 0.29) is 11.6 Å². The first-order valence-electron chi connectivity index (χ1n) is 6.11. The topological polar surface area (TPSA) is 51.5 Å². The number of halogens is 3. The van der Waals surface area contributed by atoms with Gasteiger partial charge < -0.3 is 4.74 Å². The monoisotopic (exact) mass is 396 g/mol. The quantitative estimate of drug-likeness (QED) is 0.553. The first-order valence-corrected chi connectivity index (χ1v) is 7.66. The molecule has 3 rings (SSSR count). The van der Waals surface area contributed by atoms with E-state index in [1.165, 1.54) is 0 Å². The van der Waals surface area contributed by atoms with Crippen LogP contribution in [0, 0.1) is 0 Å². The lowest BCUT2D eigenvalue weighted by Crippen LogP contribution is -2.05. The molecule has 0 saturated carbocycles. The zero-order chi connectivity index (χ0) is 15.7. The highest BCUT2D eigenvalue weighted by Gasteiger charge is 2.24. The molecule has 22 heavy (non-hydrogen) atoms. The standard InChI is InChI=1S/C15H7BrCl2N2O2/c16-10-5-9(6-19-7-10)14-20-13(15(21)22-14)4-8-1-2-11(17)12(18)3-8/h1-7H/b13-4+. The van der Waals surface area contributed by atoms with Crippen LogP contribution in [0.4, 0.5) is 0 Å². The summed E-state index contributed by atoms with van der Waals surface area (Å²) in [4.78, 5) is 20.1. The third-order valence-electron chi connectivity index (χ3n) is 2.82. The summed E-state index contributed by atoms with van der Waals surface area (Å²) in [5.74, 6) is -0.314. The highest BCUT2D eigenvalue weighted by atomic mass is 79.9. The molecule has 1 aliphatic heterocycles. The molecule has 110 valence electrons. The number of pyridine rings is 1. The molecule has 1 aliphatic rings. The Morgan fingerprint density at radius 1 is 1.14 bits per heavy atom. The normalized spacial score (nSPS) is 15.9. The summed E-state index contributed by atoms with van der Waals surface area (Å²) in [7, 11) is 0. The number of rotatable bonds is 2. The molecule has 1 aromatic carbocycles. The molecule has 1 aromatic heterocycles. The Morgan fingerprint density at radius 3 is 2.68 bits per heavy atom. The first kappa shape index (κ1) is 15.2. The van der Waals surface area contributed by atoms with Gasteiger partial charge in [-0.1, -0.05) is 29.3 Å². The molecule has 2 aromatic rings. The molecule has 0 radical (unpaired) electrons. The number of nitrogens with zero attached hydrogens (tertiary/aromatic N) is 2. The number of ether oxygens (including phenoxy) is 1. The van der Waals surface area contributed by atoms with Crippen LogP contribution >= 0.6 is 39.1 Å². The van der Waals surface area contributed by atoms with Crippen molar-refractivity contribution in [3.05, 3.63) is 68.0 Å². The number of hydrogen-bond donors (Lipinski definition) is 0. The van der Waals surface area contributed by atoms with Gasteiger partial charge in [0, 0.05) is 16.9 Å². The number of esters is 1. The molecule has 0 amide bonds. The number of hydrogen-bond acceptors (Lipinski definition) is 4. The molecular weight excluding hydrogens is 391 g/mol. The third-order valence-corrected chi connectivity index (χ3v) is 3.99. The van der Waals surface area contributed by atoms with Crippen molar-refractivity contribution in [1.29, 1.82) is 0 Å². The average molecular weight is 398 g/mol. The predicted octanol–water partition coefficient (Wildman–Crippen LogP) is 4.50. The Hall–Kier alpha value is -1.69. The Kier molecular flexibility index (Phi) is 4.29. The smallest absolute Gasteiger partial charge is 0.363 e. The van der Waals surface area contributed by atoms with Crippen molar-refractivity contribution in [1.82, 2.24) is 4.98 Å².